The molecular weight excluding hydrogens is 248 g/mol. The van der Waals surface area contributed by atoms with Gasteiger partial charge in [0.2, 0.25) is 0 Å². The minimum atomic E-state index is -0.858. The van der Waals surface area contributed by atoms with E-state index in [1.165, 1.54) is 32.1 Å². The van der Waals surface area contributed by atoms with E-state index in [1.54, 1.807) is 0 Å². The first-order chi connectivity index (χ1) is 9.68. The molecule has 0 radical (unpaired) electrons. The van der Waals surface area contributed by atoms with Crippen molar-refractivity contribution in [1.82, 2.24) is 4.98 Å². The second-order valence-electron chi connectivity index (χ2n) is 7.62. The normalized spacial score (nSPS) is 41.8. The zero-order valence-electron chi connectivity index (χ0n) is 12.1. The van der Waals surface area contributed by atoms with Crippen LogP contribution in [-0.4, -0.2) is 16.6 Å². The van der Waals surface area contributed by atoms with Crippen LogP contribution in [0.1, 0.15) is 44.2 Å². The lowest BCUT2D eigenvalue weighted by molar-refractivity contribution is -0.0811. The van der Waals surface area contributed by atoms with Gasteiger partial charge in [0, 0.05) is 18.4 Å². The van der Waals surface area contributed by atoms with Crippen LogP contribution in [0.2, 0.25) is 0 Å². The Morgan fingerprint density at radius 3 is 2.30 bits per heavy atom. The van der Waals surface area contributed by atoms with E-state index < -0.39 is 5.60 Å². The van der Waals surface area contributed by atoms with Gasteiger partial charge in [-0.05, 0) is 80.2 Å². The lowest BCUT2D eigenvalue weighted by atomic mass is 9.50. The summed E-state index contributed by atoms with van der Waals surface area (Å²) >= 11 is 0. The van der Waals surface area contributed by atoms with Crippen LogP contribution in [0.5, 0.6) is 0 Å². The minimum Gasteiger partial charge on any atom is -0.382 e. The minimum absolute atomic E-state index is 0.316. The monoisotopic (exact) mass is 274 g/mol. The molecule has 4 aliphatic rings. The van der Waals surface area contributed by atoms with E-state index in [1.807, 2.05) is 18.3 Å². The summed E-state index contributed by atoms with van der Waals surface area (Å²) in [5.41, 5.74) is 5.97. The van der Waals surface area contributed by atoms with Crippen molar-refractivity contribution in [2.24, 2.45) is 35.3 Å². The quantitative estimate of drug-likeness (QED) is 0.790. The second-order valence-corrected chi connectivity index (χ2v) is 7.62. The molecule has 4 fully saturated rings. The maximum atomic E-state index is 11.0. The fourth-order valence-electron chi connectivity index (χ4n) is 5.68. The molecule has 0 amide bonds. The summed E-state index contributed by atoms with van der Waals surface area (Å²) in [6.07, 6.45) is 9.83. The fourth-order valence-corrected chi connectivity index (χ4v) is 5.68. The van der Waals surface area contributed by atoms with Crippen LogP contribution in [0.15, 0.2) is 18.3 Å². The number of nitrogens with one attached hydrogen (secondary N) is 1. The van der Waals surface area contributed by atoms with Crippen molar-refractivity contribution in [2.45, 2.75) is 44.1 Å². The van der Waals surface area contributed by atoms with E-state index in [9.17, 15) is 5.11 Å². The number of aromatic amines is 1. The number of nitrogens with two attached hydrogens (primary N) is 1. The van der Waals surface area contributed by atoms with Gasteiger partial charge in [0.1, 0.15) is 5.60 Å². The first-order valence-corrected chi connectivity index (χ1v) is 8.24. The zero-order valence-corrected chi connectivity index (χ0v) is 12.1. The highest BCUT2D eigenvalue weighted by atomic mass is 16.3. The fraction of sp³-hybridized carbons (Fsp3) is 0.765. The number of aliphatic hydroxyl groups is 1. The van der Waals surface area contributed by atoms with Gasteiger partial charge >= 0.3 is 0 Å². The van der Waals surface area contributed by atoms with Crippen LogP contribution in [0, 0.1) is 29.6 Å². The van der Waals surface area contributed by atoms with Crippen molar-refractivity contribution in [3.8, 4) is 0 Å². The first-order valence-electron chi connectivity index (χ1n) is 8.24. The summed E-state index contributed by atoms with van der Waals surface area (Å²) in [6.45, 7) is 0.316. The van der Waals surface area contributed by atoms with E-state index in [0.717, 1.165) is 35.8 Å². The molecule has 20 heavy (non-hydrogen) atoms. The lowest BCUT2D eigenvalue weighted by Gasteiger charge is -2.55. The molecule has 4 aliphatic carbocycles. The van der Waals surface area contributed by atoms with Crippen molar-refractivity contribution < 1.29 is 5.11 Å². The Labute approximate surface area is 121 Å². The Morgan fingerprint density at radius 1 is 1.15 bits per heavy atom. The number of hydrogen-bond donors (Lipinski definition) is 3. The Morgan fingerprint density at radius 2 is 1.80 bits per heavy atom. The molecule has 1 atom stereocenters. The van der Waals surface area contributed by atoms with Gasteiger partial charge in [0.15, 0.2) is 0 Å². The Balaban J connectivity index is 1.56. The van der Waals surface area contributed by atoms with Crippen LogP contribution in [0.3, 0.4) is 0 Å². The van der Waals surface area contributed by atoms with Gasteiger partial charge in [-0.25, -0.2) is 0 Å². The summed E-state index contributed by atoms with van der Waals surface area (Å²) in [7, 11) is 0. The lowest BCUT2D eigenvalue weighted by Crippen LogP contribution is -2.49. The molecule has 3 nitrogen and oxygen atoms in total. The van der Waals surface area contributed by atoms with Crippen molar-refractivity contribution in [2.75, 3.05) is 6.54 Å². The average molecular weight is 274 g/mol. The average Bonchev–Trinajstić information content (AvgIpc) is 2.96. The van der Waals surface area contributed by atoms with Crippen LogP contribution in [0.25, 0.3) is 0 Å². The zero-order chi connectivity index (χ0) is 13.7. The summed E-state index contributed by atoms with van der Waals surface area (Å²) in [5.74, 6) is 4.36. The molecular formula is C17H26N2O. The molecule has 0 spiro atoms. The molecule has 4 saturated carbocycles. The van der Waals surface area contributed by atoms with Gasteiger partial charge in [0.25, 0.3) is 0 Å². The van der Waals surface area contributed by atoms with Crippen molar-refractivity contribution in [1.29, 1.82) is 0 Å². The number of H-pyrrole nitrogens is 1. The number of hydrogen-bond acceptors (Lipinski definition) is 2. The Hall–Kier alpha value is -0.800. The summed E-state index contributed by atoms with van der Waals surface area (Å²) in [5, 5.41) is 11.0. The smallest absolute Gasteiger partial charge is 0.117 e. The summed E-state index contributed by atoms with van der Waals surface area (Å²) < 4.78 is 0. The van der Waals surface area contributed by atoms with E-state index >= 15 is 0 Å². The van der Waals surface area contributed by atoms with Gasteiger partial charge in [-0.2, -0.15) is 0 Å². The van der Waals surface area contributed by atoms with Gasteiger partial charge in [-0.3, -0.25) is 0 Å². The first kappa shape index (κ1) is 12.9. The molecule has 1 aromatic heterocycles. The highest BCUT2D eigenvalue weighted by molar-refractivity contribution is 5.15. The third-order valence-electron chi connectivity index (χ3n) is 6.43. The van der Waals surface area contributed by atoms with E-state index in [2.05, 4.69) is 4.98 Å². The van der Waals surface area contributed by atoms with Crippen molar-refractivity contribution in [3.05, 3.63) is 24.0 Å². The predicted octanol–water partition coefficient (Wildman–Crippen LogP) is 2.62. The molecule has 1 unspecified atom stereocenters. The van der Waals surface area contributed by atoms with Gasteiger partial charge in [-0.1, -0.05) is 0 Å². The molecule has 1 aromatic rings. The Bertz CT molecular complexity index is 441. The molecule has 0 aliphatic heterocycles. The van der Waals surface area contributed by atoms with Gasteiger partial charge < -0.3 is 15.8 Å². The largest absolute Gasteiger partial charge is 0.382 e. The number of rotatable bonds is 4. The molecule has 0 saturated heterocycles. The van der Waals surface area contributed by atoms with Crippen LogP contribution in [-0.2, 0) is 5.60 Å². The van der Waals surface area contributed by atoms with E-state index in [0.29, 0.717) is 12.5 Å². The standard InChI is InChI=1S/C17H26N2O/c18-10-17(20,16-2-1-3-19-16)9-15-13-5-11-4-12(7-13)8-14(15)6-11/h1-3,11-15,19-20H,4-10,18H2. The SMILES string of the molecule is NCC(O)(CC1C2CC3CC(C2)CC1C3)c1ccc[nH]1. The maximum Gasteiger partial charge on any atom is 0.117 e. The Kier molecular flexibility index (Phi) is 2.97. The van der Waals surface area contributed by atoms with Crippen LogP contribution in [0.4, 0.5) is 0 Å². The molecule has 1 heterocycles. The predicted molar refractivity (Wildman–Crippen MR) is 78.9 cm³/mol. The molecule has 4 bridgehead atoms. The summed E-state index contributed by atoms with van der Waals surface area (Å²) in [4.78, 5) is 3.17. The van der Waals surface area contributed by atoms with Crippen molar-refractivity contribution in [3.63, 3.8) is 0 Å². The van der Waals surface area contributed by atoms with Gasteiger partial charge in [0.05, 0.1) is 0 Å². The molecule has 4 N–H and O–H groups in total. The van der Waals surface area contributed by atoms with E-state index in [-0.39, 0.29) is 0 Å². The third-order valence-corrected chi connectivity index (χ3v) is 6.43. The number of aromatic nitrogens is 1. The van der Waals surface area contributed by atoms with Crippen molar-refractivity contribution >= 4 is 0 Å². The topological polar surface area (TPSA) is 62.0 Å². The molecule has 110 valence electrons. The van der Waals surface area contributed by atoms with Crippen LogP contribution < -0.4 is 5.73 Å². The third kappa shape index (κ3) is 1.94. The van der Waals surface area contributed by atoms with Crippen LogP contribution >= 0.6 is 0 Å². The molecule has 5 rings (SSSR count). The maximum absolute atomic E-state index is 11.0. The second kappa shape index (κ2) is 4.60. The summed E-state index contributed by atoms with van der Waals surface area (Å²) in [6, 6.07) is 3.93. The highest BCUT2D eigenvalue weighted by Gasteiger charge is 2.50. The highest BCUT2D eigenvalue weighted by Crippen LogP contribution is 2.58. The molecule has 3 heteroatoms. The van der Waals surface area contributed by atoms with E-state index in [4.69, 9.17) is 5.73 Å². The molecule has 0 aromatic carbocycles. The van der Waals surface area contributed by atoms with Gasteiger partial charge in [-0.15, -0.1) is 0 Å².